The second-order valence-corrected chi connectivity index (χ2v) is 13.1. The van der Waals surface area contributed by atoms with E-state index in [4.69, 9.17) is 0 Å². The Morgan fingerprint density at radius 2 is 1.62 bits per heavy atom. The van der Waals surface area contributed by atoms with E-state index in [1.807, 2.05) is 37.3 Å². The molecule has 3 N–H and O–H groups in total. The smallest absolute Gasteiger partial charge is 0.264 e. The number of phenolic OH excluding ortho intramolecular Hbond substituents is 1. The number of amides is 1. The van der Waals surface area contributed by atoms with Crippen LogP contribution in [0.2, 0.25) is 0 Å². The molecule has 1 aliphatic carbocycles. The number of aryl methyl sites for hydroxylation is 1. The highest BCUT2D eigenvalue weighted by atomic mass is 32.2. The molecule has 1 amide bonds. The highest BCUT2D eigenvalue weighted by molar-refractivity contribution is 7.99. The van der Waals surface area contributed by atoms with E-state index in [1.54, 1.807) is 35.2 Å². The molecule has 2 unspecified atom stereocenters. The molecular formula is C30H36N2O6S2. The van der Waals surface area contributed by atoms with Crippen molar-refractivity contribution in [3.05, 3.63) is 84.4 Å². The Morgan fingerprint density at radius 1 is 1.00 bits per heavy atom. The molecule has 3 aromatic carbocycles. The van der Waals surface area contributed by atoms with Gasteiger partial charge >= 0.3 is 0 Å². The Morgan fingerprint density at radius 3 is 2.25 bits per heavy atom. The van der Waals surface area contributed by atoms with Gasteiger partial charge < -0.3 is 15.1 Å². The number of anilines is 1. The van der Waals surface area contributed by atoms with E-state index in [-0.39, 0.29) is 26.8 Å². The molecule has 0 aliphatic heterocycles. The summed E-state index contributed by atoms with van der Waals surface area (Å²) in [6.45, 7) is 1.60. The van der Waals surface area contributed by atoms with Gasteiger partial charge in [0.2, 0.25) is 5.91 Å². The van der Waals surface area contributed by atoms with Crippen molar-refractivity contribution in [2.75, 3.05) is 23.7 Å². The van der Waals surface area contributed by atoms with Crippen LogP contribution in [-0.4, -0.2) is 59.2 Å². The second kappa shape index (κ2) is 13.6. The average molecular weight is 585 g/mol. The first-order valence-corrected chi connectivity index (χ1v) is 15.8. The monoisotopic (exact) mass is 584 g/mol. The number of aliphatic hydroxyl groups excluding tert-OH is 1. The van der Waals surface area contributed by atoms with Gasteiger partial charge in [-0.25, -0.2) is 8.42 Å². The van der Waals surface area contributed by atoms with Gasteiger partial charge in [0.15, 0.2) is 0 Å². The summed E-state index contributed by atoms with van der Waals surface area (Å²) in [7, 11) is -4.29. The average Bonchev–Trinajstić information content (AvgIpc) is 3.46. The van der Waals surface area contributed by atoms with E-state index in [0.29, 0.717) is 23.7 Å². The third-order valence-electron chi connectivity index (χ3n) is 7.27. The van der Waals surface area contributed by atoms with Crippen LogP contribution >= 0.6 is 11.8 Å². The van der Waals surface area contributed by atoms with Gasteiger partial charge in [0, 0.05) is 22.9 Å². The number of aromatic hydroxyl groups is 1. The number of benzene rings is 3. The quantitative estimate of drug-likeness (QED) is 0.201. The van der Waals surface area contributed by atoms with Crippen molar-refractivity contribution in [1.29, 1.82) is 0 Å². The van der Waals surface area contributed by atoms with Crippen LogP contribution in [0.15, 0.2) is 88.7 Å². The van der Waals surface area contributed by atoms with Crippen molar-refractivity contribution in [3.8, 4) is 5.75 Å². The number of sulfonamides is 1. The standard InChI is InChI=1S/C30H36N2O6S2/c1-22-18-24(33)16-17-28(22)31(19-23-10-8-9-11-23)30(35)27(21-39-25-12-4-2-5-13-25)29(34)20-32(36)40(37,38)26-14-6-3-7-15-26/h2-7,12-18,23,27,29,33-34,36H,8-11,19-21H2,1H3. The maximum Gasteiger partial charge on any atom is 0.264 e. The zero-order valence-corrected chi connectivity index (χ0v) is 24.1. The van der Waals surface area contributed by atoms with Gasteiger partial charge in [-0.1, -0.05) is 53.7 Å². The van der Waals surface area contributed by atoms with Crippen LogP contribution in [0.25, 0.3) is 0 Å². The molecule has 1 saturated carbocycles. The molecule has 0 heterocycles. The first-order valence-electron chi connectivity index (χ1n) is 13.4. The Bertz CT molecular complexity index is 1370. The van der Waals surface area contributed by atoms with Crippen LogP contribution in [0.5, 0.6) is 5.75 Å². The number of phenols is 1. The normalized spacial score (nSPS) is 15.7. The summed E-state index contributed by atoms with van der Waals surface area (Å²) in [4.78, 5) is 16.7. The SMILES string of the molecule is Cc1cc(O)ccc1N(CC1CCCC1)C(=O)C(CSc1ccccc1)C(O)CN(O)S(=O)(=O)c1ccccc1. The minimum atomic E-state index is -4.29. The van der Waals surface area contributed by atoms with E-state index >= 15 is 0 Å². The number of hydrogen-bond donors (Lipinski definition) is 3. The molecule has 0 saturated heterocycles. The van der Waals surface area contributed by atoms with Gasteiger partial charge in [0.1, 0.15) is 5.75 Å². The maximum atomic E-state index is 14.3. The summed E-state index contributed by atoms with van der Waals surface area (Å²) in [5.74, 6) is -0.832. The van der Waals surface area contributed by atoms with Crippen LogP contribution in [0, 0.1) is 18.8 Å². The lowest BCUT2D eigenvalue weighted by atomic mass is 9.99. The summed E-state index contributed by atoms with van der Waals surface area (Å²) in [6, 6.07) is 21.7. The number of thioether (sulfide) groups is 1. The largest absolute Gasteiger partial charge is 0.508 e. The number of rotatable bonds is 12. The summed E-state index contributed by atoms with van der Waals surface area (Å²) < 4.78 is 26.0. The van der Waals surface area contributed by atoms with Crippen LogP contribution in [0.3, 0.4) is 0 Å². The van der Waals surface area contributed by atoms with Crippen molar-refractivity contribution in [2.24, 2.45) is 11.8 Å². The van der Waals surface area contributed by atoms with Crippen LogP contribution < -0.4 is 4.90 Å². The molecule has 8 nitrogen and oxygen atoms in total. The first kappa shape index (κ1) is 30.1. The summed E-state index contributed by atoms with van der Waals surface area (Å²) in [5, 5.41) is 31.9. The molecule has 4 rings (SSSR count). The van der Waals surface area contributed by atoms with Crippen molar-refractivity contribution < 1.29 is 28.6 Å². The third-order valence-corrected chi connectivity index (χ3v) is 9.97. The zero-order chi connectivity index (χ0) is 28.7. The number of carbonyl (C=O) groups is 1. The fraction of sp³-hybridized carbons (Fsp3) is 0.367. The summed E-state index contributed by atoms with van der Waals surface area (Å²) in [6.07, 6.45) is 2.68. The predicted octanol–water partition coefficient (Wildman–Crippen LogP) is 5.07. The van der Waals surface area contributed by atoms with Gasteiger partial charge in [0.25, 0.3) is 10.0 Å². The fourth-order valence-electron chi connectivity index (χ4n) is 5.05. The van der Waals surface area contributed by atoms with Crippen molar-refractivity contribution in [1.82, 2.24) is 4.47 Å². The molecule has 3 aromatic rings. The number of carbonyl (C=O) groups excluding carboxylic acids is 1. The summed E-state index contributed by atoms with van der Waals surface area (Å²) in [5.41, 5.74) is 1.35. The van der Waals surface area contributed by atoms with Crippen molar-refractivity contribution >= 4 is 33.4 Å². The van der Waals surface area contributed by atoms with Crippen LogP contribution in [0.4, 0.5) is 5.69 Å². The molecule has 214 valence electrons. The van der Waals surface area contributed by atoms with Crippen LogP contribution in [0.1, 0.15) is 31.2 Å². The lowest BCUT2D eigenvalue weighted by molar-refractivity contribution is -0.127. The minimum Gasteiger partial charge on any atom is -0.508 e. The lowest BCUT2D eigenvalue weighted by Crippen LogP contribution is -2.48. The Balaban J connectivity index is 1.64. The van der Waals surface area contributed by atoms with E-state index in [2.05, 4.69) is 0 Å². The fourth-order valence-corrected chi connectivity index (χ4v) is 7.23. The van der Waals surface area contributed by atoms with E-state index in [9.17, 15) is 28.6 Å². The number of hydroxylamine groups is 1. The second-order valence-electron chi connectivity index (χ2n) is 10.2. The van der Waals surface area contributed by atoms with Crippen LogP contribution in [-0.2, 0) is 14.8 Å². The Labute approximate surface area is 240 Å². The molecule has 2 atom stereocenters. The zero-order valence-electron chi connectivity index (χ0n) is 22.5. The number of nitrogens with zero attached hydrogens (tertiary/aromatic N) is 2. The molecule has 1 fully saturated rings. The van der Waals surface area contributed by atoms with Gasteiger partial charge in [0.05, 0.1) is 23.5 Å². The van der Waals surface area contributed by atoms with Gasteiger partial charge in [-0.05, 0) is 73.7 Å². The molecule has 1 aliphatic rings. The van der Waals surface area contributed by atoms with Gasteiger partial charge in [-0.2, -0.15) is 0 Å². The van der Waals surface area contributed by atoms with Gasteiger partial charge in [-0.3, -0.25) is 10.0 Å². The molecule has 0 radical (unpaired) electrons. The van der Waals surface area contributed by atoms with Gasteiger partial charge in [-0.15, -0.1) is 11.8 Å². The molecule has 40 heavy (non-hydrogen) atoms. The van der Waals surface area contributed by atoms with Crippen molar-refractivity contribution in [3.63, 3.8) is 0 Å². The molecular weight excluding hydrogens is 548 g/mol. The topological polar surface area (TPSA) is 118 Å². The first-order chi connectivity index (χ1) is 19.2. The third kappa shape index (κ3) is 7.44. The number of aliphatic hydroxyl groups is 1. The molecule has 0 spiro atoms. The maximum absolute atomic E-state index is 14.3. The Kier molecular flexibility index (Phi) is 10.3. The molecule has 0 aromatic heterocycles. The van der Waals surface area contributed by atoms with E-state index in [0.717, 1.165) is 30.6 Å². The lowest BCUT2D eigenvalue weighted by Gasteiger charge is -2.33. The summed E-state index contributed by atoms with van der Waals surface area (Å²) >= 11 is 1.38. The molecule has 0 bridgehead atoms. The Hall–Kier alpha value is -2.89. The predicted molar refractivity (Wildman–Crippen MR) is 156 cm³/mol. The minimum absolute atomic E-state index is 0.0905. The number of hydrogen-bond acceptors (Lipinski definition) is 7. The molecule has 10 heteroatoms. The van der Waals surface area contributed by atoms with E-state index < -0.39 is 28.6 Å². The van der Waals surface area contributed by atoms with E-state index in [1.165, 1.54) is 30.0 Å². The highest BCUT2D eigenvalue weighted by Crippen LogP contribution is 2.33. The van der Waals surface area contributed by atoms with Crippen molar-refractivity contribution in [2.45, 2.75) is 48.5 Å². The highest BCUT2D eigenvalue weighted by Gasteiger charge is 2.36.